The number of furan rings is 1. The molecular formula is C23H27N5O6. The molecule has 3 rings (SSSR count). The Morgan fingerprint density at radius 2 is 1.79 bits per heavy atom. The van der Waals surface area contributed by atoms with Gasteiger partial charge < -0.3 is 25.1 Å². The van der Waals surface area contributed by atoms with Crippen LogP contribution in [0.4, 0.5) is 5.69 Å². The van der Waals surface area contributed by atoms with Crippen molar-refractivity contribution in [3.05, 3.63) is 53.0 Å². The molecule has 0 aliphatic carbocycles. The summed E-state index contributed by atoms with van der Waals surface area (Å²) >= 11 is 0. The first-order valence-corrected chi connectivity index (χ1v) is 10.8. The van der Waals surface area contributed by atoms with Crippen LogP contribution in [0.1, 0.15) is 35.5 Å². The molecule has 1 aromatic carbocycles. The Hall–Kier alpha value is -3.99. The summed E-state index contributed by atoms with van der Waals surface area (Å²) in [4.78, 5) is 47.6. The number of hydrazone groups is 1. The fourth-order valence-corrected chi connectivity index (χ4v) is 3.11. The molecule has 1 aliphatic heterocycles. The summed E-state index contributed by atoms with van der Waals surface area (Å²) in [7, 11) is 0. The van der Waals surface area contributed by atoms with E-state index in [1.54, 1.807) is 24.3 Å². The Balaban J connectivity index is 1.39. The number of anilines is 1. The smallest absolute Gasteiger partial charge is 0.329 e. The molecule has 2 aromatic rings. The predicted molar refractivity (Wildman–Crippen MR) is 123 cm³/mol. The largest absolute Gasteiger partial charge is 0.458 e. The average molecular weight is 469 g/mol. The minimum absolute atomic E-state index is 0.0228. The lowest BCUT2D eigenvalue weighted by atomic mass is 10.1. The van der Waals surface area contributed by atoms with E-state index in [0.29, 0.717) is 18.1 Å². The minimum atomic E-state index is -0.914. The van der Waals surface area contributed by atoms with E-state index < -0.39 is 23.6 Å². The third-order valence-corrected chi connectivity index (χ3v) is 5.16. The number of ether oxygens (including phenoxy) is 1. The summed E-state index contributed by atoms with van der Waals surface area (Å²) in [5.74, 6) is -2.68. The van der Waals surface area contributed by atoms with Crippen LogP contribution in [0.25, 0.3) is 0 Å². The highest BCUT2D eigenvalue weighted by Gasteiger charge is 2.19. The molecule has 0 bridgehead atoms. The van der Waals surface area contributed by atoms with E-state index in [1.165, 1.54) is 6.21 Å². The van der Waals surface area contributed by atoms with Crippen molar-refractivity contribution in [1.29, 1.82) is 0 Å². The number of carbonyl (C=O) groups excluding carboxylic acids is 4. The summed E-state index contributed by atoms with van der Waals surface area (Å²) < 4.78 is 10.8. The lowest BCUT2D eigenvalue weighted by Crippen LogP contribution is -2.41. The number of carbonyl (C=O) groups is 4. The molecule has 1 aliphatic rings. The van der Waals surface area contributed by atoms with Gasteiger partial charge in [-0.05, 0) is 62.1 Å². The van der Waals surface area contributed by atoms with Gasteiger partial charge in [-0.15, -0.1) is 0 Å². The molecule has 1 fully saturated rings. The van der Waals surface area contributed by atoms with E-state index >= 15 is 0 Å². The van der Waals surface area contributed by atoms with Gasteiger partial charge in [-0.1, -0.05) is 6.07 Å². The first kappa shape index (κ1) is 24.6. The van der Waals surface area contributed by atoms with E-state index in [4.69, 9.17) is 9.15 Å². The molecular weight excluding hydrogens is 442 g/mol. The molecule has 2 heterocycles. The molecule has 0 spiro atoms. The third-order valence-electron chi connectivity index (χ3n) is 5.16. The fourth-order valence-electron chi connectivity index (χ4n) is 3.11. The van der Waals surface area contributed by atoms with Crippen molar-refractivity contribution >= 4 is 35.5 Å². The maximum atomic E-state index is 12.1. The molecule has 11 nitrogen and oxygen atoms in total. The number of hydrogen-bond donors (Lipinski definition) is 4. The predicted octanol–water partition coefficient (Wildman–Crippen LogP) is 0.897. The summed E-state index contributed by atoms with van der Waals surface area (Å²) in [5.41, 5.74) is 4.72. The monoisotopic (exact) mass is 469 g/mol. The van der Waals surface area contributed by atoms with E-state index in [2.05, 4.69) is 26.5 Å². The minimum Gasteiger partial charge on any atom is -0.458 e. The number of aryl methyl sites for hydroxylation is 2. The van der Waals surface area contributed by atoms with Crippen LogP contribution >= 0.6 is 0 Å². The molecule has 4 amide bonds. The normalized spacial score (nSPS) is 15.2. The van der Waals surface area contributed by atoms with Crippen molar-refractivity contribution in [2.75, 3.05) is 18.5 Å². The van der Waals surface area contributed by atoms with Crippen LogP contribution in [0.2, 0.25) is 0 Å². The second-order valence-electron chi connectivity index (χ2n) is 7.78. The lowest BCUT2D eigenvalue weighted by Gasteiger charge is -2.09. The van der Waals surface area contributed by atoms with Gasteiger partial charge >= 0.3 is 23.6 Å². The standard InChI is InChI=1S/C23H27N5O6/c1-14-5-6-16(10-15(14)2)27-22(31)20(29)25-12-18-7-8-19(34-18)13-26-28-23(32)21(30)24-11-17-4-3-9-33-17/h5-8,10,13,17H,3-4,9,11-12H2,1-2H3,(H,24,30)(H,25,29)(H,27,31)(H,28,32)/b26-13+/t17-/m1/s1. The Morgan fingerprint density at radius 1 is 1.00 bits per heavy atom. The zero-order chi connectivity index (χ0) is 24.5. The van der Waals surface area contributed by atoms with Crippen LogP contribution in [-0.2, 0) is 30.5 Å². The molecule has 0 radical (unpaired) electrons. The van der Waals surface area contributed by atoms with Gasteiger partial charge in [-0.2, -0.15) is 5.10 Å². The van der Waals surface area contributed by atoms with Crippen molar-refractivity contribution in [2.45, 2.75) is 39.3 Å². The van der Waals surface area contributed by atoms with E-state index in [9.17, 15) is 19.2 Å². The molecule has 180 valence electrons. The highest BCUT2D eigenvalue weighted by atomic mass is 16.5. The quantitative estimate of drug-likeness (QED) is 0.269. The van der Waals surface area contributed by atoms with Crippen molar-refractivity contribution in [3.8, 4) is 0 Å². The Bertz CT molecular complexity index is 1090. The summed E-state index contributed by atoms with van der Waals surface area (Å²) in [6.45, 7) is 4.77. The highest BCUT2D eigenvalue weighted by molar-refractivity contribution is 6.39. The lowest BCUT2D eigenvalue weighted by molar-refractivity contribution is -0.139. The van der Waals surface area contributed by atoms with Gasteiger partial charge in [-0.3, -0.25) is 19.2 Å². The van der Waals surface area contributed by atoms with Gasteiger partial charge in [0, 0.05) is 18.8 Å². The Labute approximate surface area is 196 Å². The van der Waals surface area contributed by atoms with Gasteiger partial charge in [0.15, 0.2) is 0 Å². The summed E-state index contributed by atoms with van der Waals surface area (Å²) in [5, 5.41) is 11.2. The van der Waals surface area contributed by atoms with Crippen LogP contribution in [0.5, 0.6) is 0 Å². The third kappa shape index (κ3) is 7.27. The number of nitrogens with one attached hydrogen (secondary N) is 4. The molecule has 1 aromatic heterocycles. The van der Waals surface area contributed by atoms with Gasteiger partial charge in [0.2, 0.25) is 0 Å². The molecule has 0 saturated carbocycles. The summed E-state index contributed by atoms with van der Waals surface area (Å²) in [6.07, 6.45) is 2.92. The van der Waals surface area contributed by atoms with Gasteiger partial charge in [0.1, 0.15) is 11.5 Å². The molecule has 34 heavy (non-hydrogen) atoms. The topological polar surface area (TPSA) is 151 Å². The zero-order valence-corrected chi connectivity index (χ0v) is 19.0. The van der Waals surface area contributed by atoms with Crippen LogP contribution in [0, 0.1) is 13.8 Å². The zero-order valence-electron chi connectivity index (χ0n) is 19.0. The molecule has 0 unspecified atom stereocenters. The first-order valence-electron chi connectivity index (χ1n) is 10.8. The summed E-state index contributed by atoms with van der Waals surface area (Å²) in [6, 6.07) is 8.50. The maximum absolute atomic E-state index is 12.1. The van der Waals surface area contributed by atoms with Crippen LogP contribution in [-0.4, -0.2) is 49.1 Å². The van der Waals surface area contributed by atoms with E-state index in [-0.39, 0.29) is 25.0 Å². The first-order chi connectivity index (χ1) is 16.3. The van der Waals surface area contributed by atoms with Crippen molar-refractivity contribution in [3.63, 3.8) is 0 Å². The van der Waals surface area contributed by atoms with Gasteiger partial charge in [-0.25, -0.2) is 5.43 Å². The fraction of sp³-hybridized carbons (Fsp3) is 0.348. The number of benzene rings is 1. The van der Waals surface area contributed by atoms with Crippen molar-refractivity contribution in [1.82, 2.24) is 16.1 Å². The second-order valence-corrected chi connectivity index (χ2v) is 7.78. The maximum Gasteiger partial charge on any atom is 0.329 e. The van der Waals surface area contributed by atoms with E-state index in [0.717, 1.165) is 24.0 Å². The molecule has 1 saturated heterocycles. The molecule has 4 N–H and O–H groups in total. The highest BCUT2D eigenvalue weighted by Crippen LogP contribution is 2.14. The number of amides is 4. The van der Waals surface area contributed by atoms with Gasteiger partial charge in [0.05, 0.1) is 18.9 Å². The van der Waals surface area contributed by atoms with Crippen LogP contribution in [0.15, 0.2) is 39.9 Å². The van der Waals surface area contributed by atoms with Crippen molar-refractivity contribution < 1.29 is 28.3 Å². The molecule has 1 atom stereocenters. The SMILES string of the molecule is Cc1ccc(NC(=O)C(=O)NCc2ccc(/C=N/NC(=O)C(=O)NC[C@H]3CCCO3)o2)cc1C. The van der Waals surface area contributed by atoms with Crippen LogP contribution in [0.3, 0.4) is 0 Å². The second kappa shape index (κ2) is 11.8. The Kier molecular flexibility index (Phi) is 8.52. The number of hydrogen-bond acceptors (Lipinski definition) is 7. The molecule has 11 heteroatoms. The Morgan fingerprint density at radius 3 is 2.53 bits per heavy atom. The number of rotatable bonds is 7. The number of nitrogens with zero attached hydrogens (tertiary/aromatic N) is 1. The van der Waals surface area contributed by atoms with Crippen molar-refractivity contribution in [2.24, 2.45) is 5.10 Å². The van der Waals surface area contributed by atoms with Crippen LogP contribution < -0.4 is 21.4 Å². The van der Waals surface area contributed by atoms with E-state index in [1.807, 2.05) is 19.9 Å². The van der Waals surface area contributed by atoms with Gasteiger partial charge in [0.25, 0.3) is 0 Å². The average Bonchev–Trinajstić information content (AvgIpc) is 3.50.